The Hall–Kier alpha value is -3.19. The summed E-state index contributed by atoms with van der Waals surface area (Å²) in [6.07, 6.45) is 3.43. The molecule has 1 aromatic heterocycles. The normalized spacial score (nSPS) is 12.2. The Labute approximate surface area is 170 Å². The number of hydrogen-bond donors (Lipinski definition) is 2. The molecular formula is C22H23N3O3S. The van der Waals surface area contributed by atoms with E-state index in [9.17, 15) is 13.2 Å². The van der Waals surface area contributed by atoms with Gasteiger partial charge in [0.05, 0.1) is 16.6 Å². The van der Waals surface area contributed by atoms with E-state index in [2.05, 4.69) is 15.6 Å². The van der Waals surface area contributed by atoms with Crippen LogP contribution >= 0.6 is 0 Å². The Bertz CT molecular complexity index is 1060. The molecule has 0 aliphatic heterocycles. The largest absolute Gasteiger partial charge is 0.329 e. The lowest BCUT2D eigenvalue weighted by Gasteiger charge is -2.19. The molecule has 0 saturated heterocycles. The lowest BCUT2D eigenvalue weighted by molar-refractivity contribution is 0.248. The van der Waals surface area contributed by atoms with Crippen molar-refractivity contribution in [1.29, 1.82) is 0 Å². The number of nitrogens with zero attached hydrogens (tertiary/aromatic N) is 1. The standard InChI is InChI=1S/C22H23N3O3S/c1-16-6-8-17(9-7-16)15-21(20-5-3-4-14-23-20)25-22(26)24-18-10-12-19(13-11-18)29(2,27)28/h3-14,21H,15H2,1-2H3,(H2,24,25,26). The number of aromatic nitrogens is 1. The van der Waals surface area contributed by atoms with Gasteiger partial charge in [0.2, 0.25) is 0 Å². The molecule has 0 aliphatic rings. The van der Waals surface area contributed by atoms with Crippen molar-refractivity contribution < 1.29 is 13.2 Å². The highest BCUT2D eigenvalue weighted by Gasteiger charge is 2.17. The first-order valence-corrected chi connectivity index (χ1v) is 11.0. The maximum absolute atomic E-state index is 12.6. The van der Waals surface area contributed by atoms with Crippen LogP contribution in [0.5, 0.6) is 0 Å². The van der Waals surface area contributed by atoms with Gasteiger partial charge < -0.3 is 10.6 Å². The third-order valence-corrected chi connectivity index (χ3v) is 5.58. The zero-order chi connectivity index (χ0) is 20.9. The first kappa shape index (κ1) is 20.5. The lowest BCUT2D eigenvalue weighted by Crippen LogP contribution is -2.34. The number of carbonyl (C=O) groups is 1. The number of rotatable bonds is 6. The summed E-state index contributed by atoms with van der Waals surface area (Å²) in [7, 11) is -3.28. The topological polar surface area (TPSA) is 88.2 Å². The van der Waals surface area contributed by atoms with Crippen LogP contribution in [0.3, 0.4) is 0 Å². The monoisotopic (exact) mass is 409 g/mol. The molecule has 1 unspecified atom stereocenters. The summed E-state index contributed by atoms with van der Waals surface area (Å²) in [6.45, 7) is 2.03. The Morgan fingerprint density at radius 1 is 1.00 bits per heavy atom. The highest BCUT2D eigenvalue weighted by molar-refractivity contribution is 7.90. The molecule has 2 aromatic carbocycles. The van der Waals surface area contributed by atoms with Gasteiger partial charge in [-0.25, -0.2) is 13.2 Å². The number of pyridine rings is 1. The predicted molar refractivity (Wildman–Crippen MR) is 114 cm³/mol. The van der Waals surface area contributed by atoms with Gasteiger partial charge >= 0.3 is 6.03 Å². The fourth-order valence-electron chi connectivity index (χ4n) is 2.88. The predicted octanol–water partition coefficient (Wildman–Crippen LogP) is 3.90. The number of aryl methyl sites for hydroxylation is 1. The first-order chi connectivity index (χ1) is 13.8. The van der Waals surface area contributed by atoms with Crippen LogP contribution in [-0.2, 0) is 16.3 Å². The third kappa shape index (κ3) is 5.89. The van der Waals surface area contributed by atoms with Gasteiger partial charge in [0.25, 0.3) is 0 Å². The summed E-state index contributed by atoms with van der Waals surface area (Å²) in [5.74, 6) is 0. The molecule has 0 saturated carbocycles. The molecule has 150 valence electrons. The van der Waals surface area contributed by atoms with E-state index in [-0.39, 0.29) is 17.0 Å². The minimum absolute atomic E-state index is 0.203. The van der Waals surface area contributed by atoms with E-state index in [1.54, 1.807) is 18.3 Å². The molecule has 1 atom stereocenters. The summed E-state index contributed by atoms with van der Waals surface area (Å²) in [5, 5.41) is 5.70. The molecule has 29 heavy (non-hydrogen) atoms. The molecule has 3 rings (SSSR count). The van der Waals surface area contributed by atoms with E-state index in [0.29, 0.717) is 12.1 Å². The van der Waals surface area contributed by atoms with Crippen LogP contribution in [0.4, 0.5) is 10.5 Å². The van der Waals surface area contributed by atoms with Crippen LogP contribution in [-0.4, -0.2) is 25.7 Å². The average Bonchev–Trinajstić information content (AvgIpc) is 2.69. The number of sulfone groups is 1. The van der Waals surface area contributed by atoms with E-state index in [1.165, 1.54) is 17.7 Å². The molecule has 0 radical (unpaired) electrons. The smallest absolute Gasteiger partial charge is 0.319 e. The molecule has 0 bridgehead atoms. The summed E-state index contributed by atoms with van der Waals surface area (Å²) in [4.78, 5) is 17.1. The molecule has 2 amide bonds. The lowest BCUT2D eigenvalue weighted by atomic mass is 10.0. The molecule has 1 heterocycles. The number of benzene rings is 2. The Morgan fingerprint density at radius 2 is 1.69 bits per heavy atom. The minimum atomic E-state index is -3.28. The Morgan fingerprint density at radius 3 is 2.28 bits per heavy atom. The second-order valence-electron chi connectivity index (χ2n) is 6.89. The highest BCUT2D eigenvalue weighted by atomic mass is 32.2. The summed E-state index contributed by atoms with van der Waals surface area (Å²) >= 11 is 0. The summed E-state index contributed by atoms with van der Waals surface area (Å²) < 4.78 is 23.1. The van der Waals surface area contributed by atoms with Crippen molar-refractivity contribution in [2.75, 3.05) is 11.6 Å². The van der Waals surface area contributed by atoms with Crippen molar-refractivity contribution in [3.8, 4) is 0 Å². The zero-order valence-corrected chi connectivity index (χ0v) is 17.1. The van der Waals surface area contributed by atoms with Gasteiger partial charge in [-0.05, 0) is 55.3 Å². The fraction of sp³-hybridized carbons (Fsp3) is 0.182. The second-order valence-corrected chi connectivity index (χ2v) is 8.91. The van der Waals surface area contributed by atoms with E-state index in [0.717, 1.165) is 17.5 Å². The SMILES string of the molecule is Cc1ccc(CC(NC(=O)Nc2ccc(S(C)(=O)=O)cc2)c2ccccn2)cc1. The molecule has 7 heteroatoms. The van der Waals surface area contributed by atoms with E-state index in [4.69, 9.17) is 0 Å². The average molecular weight is 410 g/mol. The quantitative estimate of drug-likeness (QED) is 0.646. The third-order valence-electron chi connectivity index (χ3n) is 4.45. The van der Waals surface area contributed by atoms with Crippen LogP contribution < -0.4 is 10.6 Å². The second kappa shape index (κ2) is 8.87. The first-order valence-electron chi connectivity index (χ1n) is 9.15. The van der Waals surface area contributed by atoms with Crippen molar-refractivity contribution in [1.82, 2.24) is 10.3 Å². The molecule has 0 spiro atoms. The van der Waals surface area contributed by atoms with Crippen molar-refractivity contribution >= 4 is 21.6 Å². The van der Waals surface area contributed by atoms with Crippen LogP contribution in [0.15, 0.2) is 77.8 Å². The molecule has 0 aliphatic carbocycles. The number of nitrogens with one attached hydrogen (secondary N) is 2. The number of amides is 2. The fourth-order valence-corrected chi connectivity index (χ4v) is 3.51. The Balaban J connectivity index is 1.73. The zero-order valence-electron chi connectivity index (χ0n) is 16.3. The number of carbonyl (C=O) groups excluding carboxylic acids is 1. The van der Waals surface area contributed by atoms with Gasteiger partial charge in [0.15, 0.2) is 9.84 Å². The van der Waals surface area contributed by atoms with Crippen LogP contribution in [0.25, 0.3) is 0 Å². The van der Waals surface area contributed by atoms with Gasteiger partial charge in [0.1, 0.15) is 0 Å². The molecule has 0 fully saturated rings. The van der Waals surface area contributed by atoms with Gasteiger partial charge in [-0.3, -0.25) is 4.98 Å². The van der Waals surface area contributed by atoms with Crippen LogP contribution in [0, 0.1) is 6.92 Å². The van der Waals surface area contributed by atoms with Crippen molar-refractivity contribution in [3.63, 3.8) is 0 Å². The van der Waals surface area contributed by atoms with Gasteiger partial charge in [-0.15, -0.1) is 0 Å². The van der Waals surface area contributed by atoms with Gasteiger partial charge in [-0.1, -0.05) is 35.9 Å². The van der Waals surface area contributed by atoms with Crippen molar-refractivity contribution in [2.24, 2.45) is 0 Å². The molecular weight excluding hydrogens is 386 g/mol. The Kier molecular flexibility index (Phi) is 6.29. The van der Waals surface area contributed by atoms with E-state index < -0.39 is 9.84 Å². The molecule has 3 aromatic rings. The number of urea groups is 1. The number of hydrogen-bond acceptors (Lipinski definition) is 4. The van der Waals surface area contributed by atoms with E-state index in [1.807, 2.05) is 49.4 Å². The van der Waals surface area contributed by atoms with E-state index >= 15 is 0 Å². The molecule has 6 nitrogen and oxygen atoms in total. The van der Waals surface area contributed by atoms with Crippen molar-refractivity contribution in [3.05, 3.63) is 89.7 Å². The minimum Gasteiger partial charge on any atom is -0.329 e. The molecule has 2 N–H and O–H groups in total. The van der Waals surface area contributed by atoms with Crippen molar-refractivity contribution in [2.45, 2.75) is 24.3 Å². The van der Waals surface area contributed by atoms with Gasteiger partial charge in [0, 0.05) is 18.1 Å². The number of anilines is 1. The summed E-state index contributed by atoms with van der Waals surface area (Å²) in [6, 6.07) is 19.1. The summed E-state index contributed by atoms with van der Waals surface area (Å²) in [5.41, 5.74) is 3.52. The van der Waals surface area contributed by atoms with Crippen LogP contribution in [0.2, 0.25) is 0 Å². The highest BCUT2D eigenvalue weighted by Crippen LogP contribution is 2.18. The maximum atomic E-state index is 12.6. The maximum Gasteiger partial charge on any atom is 0.319 e. The van der Waals surface area contributed by atoms with Gasteiger partial charge in [-0.2, -0.15) is 0 Å². The van der Waals surface area contributed by atoms with Crippen LogP contribution in [0.1, 0.15) is 22.9 Å².